The molecule has 137 heavy (non-hydrogen) atoms. The van der Waals surface area contributed by atoms with Crippen LogP contribution in [0.25, 0.3) is 0 Å². The van der Waals surface area contributed by atoms with Gasteiger partial charge in [0.15, 0.2) is 5.78 Å². The molecule has 6 amide bonds. The molecule has 0 saturated carbocycles. The van der Waals surface area contributed by atoms with E-state index in [0.29, 0.717) is 37.1 Å². The summed E-state index contributed by atoms with van der Waals surface area (Å²) < 4.78 is 45.2. The van der Waals surface area contributed by atoms with E-state index in [1.807, 2.05) is 248 Å². The quantitative estimate of drug-likeness (QED) is 0.00600. The summed E-state index contributed by atoms with van der Waals surface area (Å²) in [6.45, 7) is 31.9. The number of carbonyl (C=O) groups excluding carboxylic acids is 9. The number of Topliss-reactive ketones (excluding diaryl/α,β-unsaturated/α-hetero) is 1. The number of ketones is 1. The monoisotopic (exact) mass is 2000 g/mol. The van der Waals surface area contributed by atoms with Gasteiger partial charge in [0.1, 0.15) is 54.9 Å². The number of aliphatic hydroxyl groups is 4. The van der Waals surface area contributed by atoms with Gasteiger partial charge >= 0.3 is 48.9 Å². The van der Waals surface area contributed by atoms with Crippen LogP contribution >= 0.6 is 0 Å². The third kappa shape index (κ3) is 64.8. The van der Waals surface area contributed by atoms with Crippen LogP contribution in [0.4, 0.5) is 38.4 Å². The number of alkyl carbamates (subject to hydrolysis) is 4. The molecule has 0 heterocycles. The SMILES string of the molecule is C.CC(C)(C)OC(=O)OC(=O)OC(C)(C)C.C[C@@H](N)CN(C[C@@H](O)c1ccccc1)C(=O)OC(C)(C)C.C[C@H](CCC(=O)[C@@H](O)c1ccccc1)NC(=O)OCc1ccccc1.C[C@H](CCC[C@@H](O)c1ccccc1)NC(=O)OCc1ccccc1.C[C@H](CN(C[C@@H](O)c1ccccc1)C(=O)OC(C)(C)C)NC(=O)OCc1ccccc1.C[C@H](CN)NC(=O)OCc1ccccc1.O.O.[B].[CH3-].[Pd]. The Labute approximate surface area is 826 Å². The fraction of sp³-hybridized carbons (Fsp3) is 0.437. The number of carbonyl (C=O) groups is 9. The minimum atomic E-state index is -1.13. The fourth-order valence-corrected chi connectivity index (χ4v) is 11.3. The zero-order valence-electron chi connectivity index (χ0n) is 81.8. The second-order valence-corrected chi connectivity index (χ2v) is 35.0. The van der Waals surface area contributed by atoms with E-state index in [1.165, 1.54) is 9.80 Å². The maximum absolute atomic E-state index is 12.7. The molecule has 0 aliphatic rings. The fourth-order valence-electron chi connectivity index (χ4n) is 11.3. The molecule has 9 atom stereocenters. The van der Waals surface area contributed by atoms with Gasteiger partial charge in [-0.3, -0.25) is 4.79 Å². The van der Waals surface area contributed by atoms with E-state index >= 15 is 0 Å². The molecule has 0 aromatic heterocycles. The third-order valence-corrected chi connectivity index (χ3v) is 17.6. The Morgan fingerprint density at radius 3 is 0.891 bits per heavy atom. The molecule has 761 valence electrons. The minimum absolute atomic E-state index is 0. The van der Waals surface area contributed by atoms with Crippen molar-refractivity contribution in [3.8, 4) is 0 Å². The van der Waals surface area contributed by atoms with Crippen LogP contribution in [-0.4, -0.2) is 190 Å². The number of ether oxygens (including phenoxy) is 9. The second-order valence-electron chi connectivity index (χ2n) is 35.0. The molecular formula is C103H151BN8O24Pd-. The molecule has 0 unspecified atom stereocenters. The minimum Gasteiger partial charge on any atom is -0.445 e. The van der Waals surface area contributed by atoms with E-state index in [-0.39, 0.29) is 137 Å². The van der Waals surface area contributed by atoms with Crippen LogP contribution in [0.15, 0.2) is 243 Å². The number of rotatable bonds is 33. The van der Waals surface area contributed by atoms with Crippen LogP contribution in [0, 0.1) is 7.43 Å². The van der Waals surface area contributed by atoms with Gasteiger partial charge in [0.05, 0.1) is 31.4 Å². The Bertz CT molecular complexity index is 4520. The molecule has 3 radical (unpaired) electrons. The molecule has 32 nitrogen and oxygen atoms in total. The molecule has 8 aromatic carbocycles. The average Bonchev–Trinajstić information content (AvgIpc) is 0.863. The summed E-state index contributed by atoms with van der Waals surface area (Å²) >= 11 is 0. The number of nitrogens with zero attached hydrogens (tertiary/aromatic N) is 2. The second kappa shape index (κ2) is 70.8. The zero-order chi connectivity index (χ0) is 97.5. The van der Waals surface area contributed by atoms with Crippen LogP contribution in [0.1, 0.15) is 226 Å². The van der Waals surface area contributed by atoms with Crippen molar-refractivity contribution >= 4 is 63.1 Å². The van der Waals surface area contributed by atoms with Crippen LogP contribution in [-0.2, 0) is 94.3 Å². The number of aliphatic hydroxyl groups excluding tert-OH is 4. The summed E-state index contributed by atoms with van der Waals surface area (Å²) in [4.78, 5) is 109. The number of benzene rings is 8. The first-order valence-electron chi connectivity index (χ1n) is 43.6. The first kappa shape index (κ1) is 131. The van der Waals surface area contributed by atoms with E-state index in [1.54, 1.807) is 113 Å². The van der Waals surface area contributed by atoms with Gasteiger partial charge in [-0.1, -0.05) is 250 Å². The third-order valence-electron chi connectivity index (χ3n) is 17.6. The average molecular weight is 2000 g/mol. The maximum Gasteiger partial charge on any atom is 0.519 e. The number of hydrogen-bond acceptors (Lipinski definition) is 24. The van der Waals surface area contributed by atoms with Gasteiger partial charge in [0, 0.05) is 85.1 Å². The van der Waals surface area contributed by atoms with Crippen LogP contribution in [0.2, 0.25) is 0 Å². The van der Waals surface area contributed by atoms with Crippen LogP contribution in [0.5, 0.6) is 0 Å². The van der Waals surface area contributed by atoms with Crippen molar-refractivity contribution in [1.29, 1.82) is 0 Å². The molecular weight excluding hydrogens is 1850 g/mol. The molecule has 0 aliphatic heterocycles. The largest absolute Gasteiger partial charge is 0.519 e. The summed E-state index contributed by atoms with van der Waals surface area (Å²) in [7, 11) is 0. The van der Waals surface area contributed by atoms with Gasteiger partial charge in [-0.25, -0.2) is 38.4 Å². The Kier molecular flexibility index (Phi) is 67.9. The molecule has 0 aliphatic carbocycles. The number of nitrogens with one attached hydrogen (secondary N) is 4. The van der Waals surface area contributed by atoms with E-state index in [9.17, 15) is 63.6 Å². The van der Waals surface area contributed by atoms with Crippen molar-refractivity contribution in [2.75, 3.05) is 32.7 Å². The number of hydrogen-bond donors (Lipinski definition) is 10. The molecule has 8 aromatic rings. The van der Waals surface area contributed by atoms with Crippen molar-refractivity contribution in [2.24, 2.45) is 11.5 Å². The maximum atomic E-state index is 12.7. The van der Waals surface area contributed by atoms with Gasteiger partial charge in [0.25, 0.3) is 0 Å². The summed E-state index contributed by atoms with van der Waals surface area (Å²) in [6, 6.07) is 73.7. The number of amides is 6. The van der Waals surface area contributed by atoms with E-state index in [4.69, 9.17) is 49.4 Å². The first-order chi connectivity index (χ1) is 61.7. The van der Waals surface area contributed by atoms with E-state index < -0.39 is 102 Å². The van der Waals surface area contributed by atoms with Crippen molar-refractivity contribution in [1.82, 2.24) is 31.1 Å². The molecule has 0 bridgehead atoms. The van der Waals surface area contributed by atoms with Gasteiger partial charge in [0.2, 0.25) is 0 Å². The zero-order valence-corrected chi connectivity index (χ0v) is 83.3. The summed E-state index contributed by atoms with van der Waals surface area (Å²) in [5.74, 6) is -0.266. The predicted octanol–water partition coefficient (Wildman–Crippen LogP) is 17.4. The Morgan fingerprint density at radius 1 is 0.350 bits per heavy atom. The molecule has 8 rings (SSSR count). The Morgan fingerprint density at radius 2 is 0.606 bits per heavy atom. The van der Waals surface area contributed by atoms with E-state index in [0.717, 1.165) is 46.2 Å². The first-order valence-corrected chi connectivity index (χ1v) is 43.6. The van der Waals surface area contributed by atoms with Crippen LogP contribution < -0.4 is 32.7 Å². The normalized spacial score (nSPS) is 12.4. The van der Waals surface area contributed by atoms with Gasteiger partial charge < -0.3 is 124 Å². The number of nitrogens with two attached hydrogens (primary N) is 2. The molecule has 34 heteroatoms. The van der Waals surface area contributed by atoms with Crippen molar-refractivity contribution in [3.05, 3.63) is 295 Å². The van der Waals surface area contributed by atoms with Gasteiger partial charge in [-0.2, -0.15) is 0 Å². The molecule has 0 fully saturated rings. The predicted molar refractivity (Wildman–Crippen MR) is 529 cm³/mol. The molecule has 0 saturated heterocycles. The summed E-state index contributed by atoms with van der Waals surface area (Å²) in [5.41, 5.74) is 15.2. The van der Waals surface area contributed by atoms with Crippen molar-refractivity contribution in [3.63, 3.8) is 0 Å². The van der Waals surface area contributed by atoms with E-state index in [2.05, 4.69) is 26.0 Å². The Balaban J connectivity index is -0.000000781. The molecule has 0 spiro atoms. The Hall–Kier alpha value is -11.8. The van der Waals surface area contributed by atoms with Crippen LogP contribution in [0.3, 0.4) is 0 Å². The van der Waals surface area contributed by atoms with Crippen molar-refractivity contribution in [2.45, 2.75) is 261 Å². The standard InChI is InChI=1S/C24H32N2O5.C20H23NO4.C20H25NO3.C16H26N2O3.C11H16N2O2.C10H18O5.CH4.CH3.B.2H2O.Pd/c1-18(25-22(28)30-17-19-11-7-5-8-12-19)15-26(23(29)31-24(2,3)4)16-21(27)20-13-9-6-10-14-20;1-15(21-20(24)25-14-16-8-4-2-5-9-16)12-13-18(22)19(23)17-10-6-3-7-11-17;1-16(9-8-14-19(22)18-12-6-3-7-13-18)21-20(23)24-15-17-10-4-2-5-11-17;1-12(17)10-18(15(20)21-16(2,3)4)11-14(19)13-8-6-5-7-9-13;1-9(7-12)13-11(14)15-8-10-5-3-2-4-6-10;1-9(2,3)14-7(11)13-8(12)15-10(4,5)6;;;;;;/h5-14,18,21,27H,15-17H2,1-4H3,(H,25,28);2-11,15,19,23H,12-14H2,1H3,(H,21,24);2-7,10-13,16,19,22H,8-9,14-15H2,1H3,(H,21,23);5-9,12,14,19H,10-11,17H2,1-4H3;2-6,9H,7-8,12H2,1H3,(H,13,14);1-6H3;1H4;1H3;;2*1H2;/q;;;;;;;-1;;;;/t18-,21-;15-,19+;16-,19-;12-,14-;9-;;;;;;;/m11111......./s1. The van der Waals surface area contributed by atoms with Gasteiger partial charge in [-0.15, -0.1) is 0 Å². The molecule has 16 N–H and O–H groups in total. The van der Waals surface area contributed by atoms with Crippen molar-refractivity contribution < 1.29 is 138 Å². The van der Waals surface area contributed by atoms with Gasteiger partial charge in [-0.05, 0) is 188 Å². The summed E-state index contributed by atoms with van der Waals surface area (Å²) in [6.07, 6.45) is -5.40. The summed E-state index contributed by atoms with van der Waals surface area (Å²) in [5, 5.41) is 51.8. The smallest absolute Gasteiger partial charge is 0.445 e. The topological polar surface area (TPSA) is 487 Å².